The van der Waals surface area contributed by atoms with E-state index in [4.69, 9.17) is 5.84 Å². The summed E-state index contributed by atoms with van der Waals surface area (Å²) in [5, 5.41) is 8.64. The van der Waals surface area contributed by atoms with Gasteiger partial charge >= 0.3 is 0 Å². The predicted molar refractivity (Wildman–Crippen MR) is 78.3 cm³/mol. The molecule has 0 aliphatic carbocycles. The van der Waals surface area contributed by atoms with Crippen LogP contribution in [0.4, 0.5) is 0 Å². The van der Waals surface area contributed by atoms with Crippen molar-refractivity contribution >= 4 is 0 Å². The van der Waals surface area contributed by atoms with Crippen molar-refractivity contribution < 1.29 is 0 Å². The van der Waals surface area contributed by atoms with E-state index in [9.17, 15) is 0 Å². The Labute approximate surface area is 122 Å². The molecule has 0 aliphatic heterocycles. The molecule has 7 heteroatoms. The quantitative estimate of drug-likeness (QED) is 0.533. The summed E-state index contributed by atoms with van der Waals surface area (Å²) in [7, 11) is 1.86. The Bertz CT molecular complexity index is 701. The first kappa shape index (κ1) is 13.5. The summed E-state index contributed by atoms with van der Waals surface area (Å²) in [5.74, 6) is 6.52. The lowest BCUT2D eigenvalue weighted by atomic mass is 10.1. The fourth-order valence-corrected chi connectivity index (χ4v) is 2.18. The van der Waals surface area contributed by atoms with Gasteiger partial charge in [-0.1, -0.05) is 18.2 Å². The third kappa shape index (κ3) is 2.83. The topological polar surface area (TPSA) is 86.6 Å². The van der Waals surface area contributed by atoms with Crippen molar-refractivity contribution in [2.45, 2.75) is 12.5 Å². The number of nitrogens with two attached hydrogens (primary N) is 1. The van der Waals surface area contributed by atoms with Gasteiger partial charge in [0.2, 0.25) is 0 Å². The van der Waals surface area contributed by atoms with E-state index in [0.29, 0.717) is 6.42 Å². The van der Waals surface area contributed by atoms with Crippen molar-refractivity contribution in [3.63, 3.8) is 0 Å². The third-order valence-corrected chi connectivity index (χ3v) is 3.38. The van der Waals surface area contributed by atoms with Crippen LogP contribution in [0.1, 0.15) is 17.6 Å². The van der Waals surface area contributed by atoms with Gasteiger partial charge in [-0.05, 0) is 18.2 Å². The highest BCUT2D eigenvalue weighted by Gasteiger charge is 2.16. The summed E-state index contributed by atoms with van der Waals surface area (Å²) in [5.41, 5.74) is 4.67. The molecule has 3 aromatic rings. The van der Waals surface area contributed by atoms with Crippen molar-refractivity contribution in [2.24, 2.45) is 12.9 Å². The molecule has 1 aromatic carbocycles. The highest BCUT2D eigenvalue weighted by Crippen LogP contribution is 2.16. The zero-order valence-electron chi connectivity index (χ0n) is 11.7. The van der Waals surface area contributed by atoms with Gasteiger partial charge in [0.05, 0.1) is 17.4 Å². The molecule has 7 nitrogen and oxygen atoms in total. The van der Waals surface area contributed by atoms with Gasteiger partial charge in [0.1, 0.15) is 12.2 Å². The first-order chi connectivity index (χ1) is 10.3. The first-order valence-electron chi connectivity index (χ1n) is 6.68. The Morgan fingerprint density at radius 3 is 2.71 bits per heavy atom. The van der Waals surface area contributed by atoms with E-state index in [-0.39, 0.29) is 6.04 Å². The molecule has 0 bridgehead atoms. The Kier molecular flexibility index (Phi) is 3.76. The summed E-state index contributed by atoms with van der Waals surface area (Å²) in [4.78, 5) is 4.22. The fraction of sp³-hybridized carbons (Fsp3) is 0.214. The average molecular weight is 283 g/mol. The number of para-hydroxylation sites is 1. The molecule has 0 aliphatic rings. The molecule has 0 radical (unpaired) electrons. The molecule has 0 saturated carbocycles. The fourth-order valence-electron chi connectivity index (χ4n) is 2.18. The average Bonchev–Trinajstić information content (AvgIpc) is 3.15. The standard InChI is InChI=1S/C14H17N7/c1-20-14(16-10-17-20)9-13(18-15)12-7-8-21(19-12)11-5-3-2-4-6-11/h2-8,10,13,18H,9,15H2,1H3. The molecule has 3 N–H and O–H groups in total. The number of benzene rings is 1. The molecule has 21 heavy (non-hydrogen) atoms. The van der Waals surface area contributed by atoms with Crippen LogP contribution in [0, 0.1) is 0 Å². The van der Waals surface area contributed by atoms with Crippen molar-refractivity contribution in [3.05, 3.63) is 60.4 Å². The number of nitrogens with one attached hydrogen (secondary N) is 1. The van der Waals surface area contributed by atoms with Crippen LogP contribution in [0.5, 0.6) is 0 Å². The second-order valence-electron chi connectivity index (χ2n) is 4.74. The van der Waals surface area contributed by atoms with Gasteiger partial charge in [0.15, 0.2) is 0 Å². The van der Waals surface area contributed by atoms with Crippen LogP contribution in [0.25, 0.3) is 5.69 Å². The van der Waals surface area contributed by atoms with Gasteiger partial charge in [0, 0.05) is 19.7 Å². The van der Waals surface area contributed by atoms with Crippen LogP contribution < -0.4 is 11.3 Å². The van der Waals surface area contributed by atoms with Crippen molar-refractivity contribution in [2.75, 3.05) is 0 Å². The maximum absolute atomic E-state index is 5.66. The number of rotatable bonds is 5. The van der Waals surface area contributed by atoms with Crippen LogP contribution in [0.15, 0.2) is 48.9 Å². The largest absolute Gasteiger partial charge is 0.271 e. The van der Waals surface area contributed by atoms with Gasteiger partial charge in [-0.25, -0.2) is 9.67 Å². The molecular weight excluding hydrogens is 266 g/mol. The van der Waals surface area contributed by atoms with Crippen molar-refractivity contribution in [1.29, 1.82) is 0 Å². The monoisotopic (exact) mass is 283 g/mol. The molecule has 2 heterocycles. The molecular formula is C14H17N7. The maximum Gasteiger partial charge on any atom is 0.138 e. The molecule has 2 aromatic heterocycles. The van der Waals surface area contributed by atoms with E-state index in [1.54, 1.807) is 4.68 Å². The van der Waals surface area contributed by atoms with Crippen LogP contribution in [-0.4, -0.2) is 24.5 Å². The number of aryl methyl sites for hydroxylation is 1. The van der Waals surface area contributed by atoms with Crippen molar-refractivity contribution in [1.82, 2.24) is 30.0 Å². The van der Waals surface area contributed by atoms with Crippen LogP contribution in [0.2, 0.25) is 0 Å². The number of aromatic nitrogens is 5. The smallest absolute Gasteiger partial charge is 0.138 e. The Balaban J connectivity index is 1.82. The molecule has 1 atom stereocenters. The van der Waals surface area contributed by atoms with Gasteiger partial charge in [-0.3, -0.25) is 16.0 Å². The van der Waals surface area contributed by atoms with Crippen LogP contribution in [0.3, 0.4) is 0 Å². The van der Waals surface area contributed by atoms with Crippen LogP contribution in [-0.2, 0) is 13.5 Å². The second-order valence-corrected chi connectivity index (χ2v) is 4.74. The Morgan fingerprint density at radius 2 is 2.05 bits per heavy atom. The summed E-state index contributed by atoms with van der Waals surface area (Å²) >= 11 is 0. The molecule has 0 spiro atoms. The normalized spacial score (nSPS) is 12.5. The zero-order valence-corrected chi connectivity index (χ0v) is 11.7. The first-order valence-corrected chi connectivity index (χ1v) is 6.68. The summed E-state index contributed by atoms with van der Waals surface area (Å²) in [6, 6.07) is 11.8. The molecule has 1 unspecified atom stereocenters. The molecule has 0 amide bonds. The number of hydrazine groups is 1. The molecule has 108 valence electrons. The number of nitrogens with zero attached hydrogens (tertiary/aromatic N) is 5. The second kappa shape index (κ2) is 5.86. The minimum Gasteiger partial charge on any atom is -0.271 e. The Hall–Kier alpha value is -2.51. The van der Waals surface area contributed by atoms with Gasteiger partial charge in [-0.15, -0.1) is 0 Å². The van der Waals surface area contributed by atoms with E-state index in [1.807, 2.05) is 54.3 Å². The maximum atomic E-state index is 5.66. The lowest BCUT2D eigenvalue weighted by Gasteiger charge is -2.12. The number of hydrogen-bond acceptors (Lipinski definition) is 5. The predicted octanol–water partition coefficient (Wildman–Crippen LogP) is 0.748. The third-order valence-electron chi connectivity index (χ3n) is 3.38. The van der Waals surface area contributed by atoms with E-state index in [1.165, 1.54) is 6.33 Å². The molecule has 0 saturated heterocycles. The van der Waals surface area contributed by atoms with Crippen molar-refractivity contribution in [3.8, 4) is 5.69 Å². The van der Waals surface area contributed by atoms with E-state index in [2.05, 4.69) is 20.6 Å². The summed E-state index contributed by atoms with van der Waals surface area (Å²) in [6.45, 7) is 0. The SMILES string of the molecule is Cn1ncnc1CC(NN)c1ccn(-c2ccccc2)n1. The van der Waals surface area contributed by atoms with E-state index >= 15 is 0 Å². The highest BCUT2D eigenvalue weighted by molar-refractivity contribution is 5.30. The number of hydrogen-bond donors (Lipinski definition) is 2. The molecule has 0 fully saturated rings. The summed E-state index contributed by atoms with van der Waals surface area (Å²) in [6.07, 6.45) is 4.08. The van der Waals surface area contributed by atoms with E-state index < -0.39 is 0 Å². The lowest BCUT2D eigenvalue weighted by molar-refractivity contribution is 0.508. The Morgan fingerprint density at radius 1 is 1.24 bits per heavy atom. The van der Waals surface area contributed by atoms with E-state index in [0.717, 1.165) is 17.2 Å². The van der Waals surface area contributed by atoms with Gasteiger partial charge in [0.25, 0.3) is 0 Å². The van der Waals surface area contributed by atoms with Gasteiger partial charge < -0.3 is 0 Å². The lowest BCUT2D eigenvalue weighted by Crippen LogP contribution is -2.30. The van der Waals surface area contributed by atoms with Gasteiger partial charge in [-0.2, -0.15) is 10.2 Å². The minimum absolute atomic E-state index is 0.113. The highest BCUT2D eigenvalue weighted by atomic mass is 15.3. The zero-order chi connectivity index (χ0) is 14.7. The van der Waals surface area contributed by atoms with Crippen LogP contribution >= 0.6 is 0 Å². The summed E-state index contributed by atoms with van der Waals surface area (Å²) < 4.78 is 3.56. The minimum atomic E-state index is -0.113. The molecule has 3 rings (SSSR count).